The zero-order chi connectivity index (χ0) is 14.8. The zero-order valence-electron chi connectivity index (χ0n) is 11.4. The molecule has 5 heteroatoms. The maximum Gasteiger partial charge on any atom is 0.265 e. The largest absolute Gasteiger partial charge is 0.482 e. The number of para-hydroxylation sites is 1. The van der Waals surface area contributed by atoms with Gasteiger partial charge in [0.1, 0.15) is 5.75 Å². The Bertz CT molecular complexity index is 688. The topological polar surface area (TPSA) is 55.6 Å². The molecule has 108 valence electrons. The van der Waals surface area contributed by atoms with Crippen molar-refractivity contribution in [1.29, 1.82) is 0 Å². The lowest BCUT2D eigenvalue weighted by molar-refractivity contribution is -0.121. The van der Waals surface area contributed by atoms with E-state index in [1.807, 2.05) is 42.5 Å². The minimum atomic E-state index is -0.0323. The summed E-state index contributed by atoms with van der Waals surface area (Å²) in [5.74, 6) is 0.703. The molecule has 1 heterocycles. The van der Waals surface area contributed by atoms with Crippen molar-refractivity contribution >= 4 is 33.2 Å². The van der Waals surface area contributed by atoms with Crippen molar-refractivity contribution in [2.45, 2.75) is 6.42 Å². The lowest BCUT2D eigenvalue weighted by Crippen LogP contribution is -2.40. The molecular formula is C16H15BrN2O2. The van der Waals surface area contributed by atoms with E-state index in [2.05, 4.69) is 15.9 Å². The first kappa shape index (κ1) is 13.9. The molecule has 2 aromatic rings. The van der Waals surface area contributed by atoms with E-state index in [0.29, 0.717) is 13.0 Å². The number of rotatable bonds is 3. The standard InChI is InChI=1S/C16H15BrN2O2/c17-12-5-6-15-14(9-12)19(16(20)10-21-15)8-7-11-3-1-2-4-13(11)18/h1-6,9H,7-8,10,18H2. The van der Waals surface area contributed by atoms with E-state index in [9.17, 15) is 4.79 Å². The van der Waals surface area contributed by atoms with E-state index in [1.165, 1.54) is 0 Å². The summed E-state index contributed by atoms with van der Waals surface area (Å²) in [4.78, 5) is 13.9. The van der Waals surface area contributed by atoms with Crippen LogP contribution in [0.1, 0.15) is 5.56 Å². The molecule has 0 spiro atoms. The van der Waals surface area contributed by atoms with Crippen molar-refractivity contribution in [3.8, 4) is 5.75 Å². The molecule has 4 nitrogen and oxygen atoms in total. The third-order valence-corrected chi connectivity index (χ3v) is 4.02. The Morgan fingerprint density at radius 3 is 2.86 bits per heavy atom. The number of amides is 1. The summed E-state index contributed by atoms with van der Waals surface area (Å²) >= 11 is 3.43. The number of nitrogens with two attached hydrogens (primary N) is 1. The molecule has 0 aromatic heterocycles. The number of fused-ring (bicyclic) bond motifs is 1. The molecule has 21 heavy (non-hydrogen) atoms. The average molecular weight is 347 g/mol. The van der Waals surface area contributed by atoms with E-state index >= 15 is 0 Å². The Morgan fingerprint density at radius 1 is 1.24 bits per heavy atom. The van der Waals surface area contributed by atoms with Crippen LogP contribution in [0.5, 0.6) is 5.75 Å². The summed E-state index contributed by atoms with van der Waals surface area (Å²) < 4.78 is 6.38. The van der Waals surface area contributed by atoms with Gasteiger partial charge in [-0.15, -0.1) is 0 Å². The van der Waals surface area contributed by atoms with Gasteiger partial charge in [-0.05, 0) is 36.2 Å². The van der Waals surface area contributed by atoms with Gasteiger partial charge in [0.15, 0.2) is 6.61 Å². The fourth-order valence-corrected chi connectivity index (χ4v) is 2.76. The van der Waals surface area contributed by atoms with Crippen LogP contribution in [-0.2, 0) is 11.2 Å². The number of hydrogen-bond donors (Lipinski definition) is 1. The molecule has 2 aromatic carbocycles. The maximum absolute atomic E-state index is 12.1. The molecule has 0 atom stereocenters. The van der Waals surface area contributed by atoms with Gasteiger partial charge in [-0.1, -0.05) is 34.1 Å². The molecule has 0 saturated heterocycles. The van der Waals surface area contributed by atoms with Crippen molar-refractivity contribution in [3.63, 3.8) is 0 Å². The van der Waals surface area contributed by atoms with Gasteiger partial charge in [0.05, 0.1) is 5.69 Å². The number of halogens is 1. The van der Waals surface area contributed by atoms with E-state index in [-0.39, 0.29) is 12.5 Å². The molecule has 1 aliphatic heterocycles. The molecule has 0 fully saturated rings. The predicted molar refractivity (Wildman–Crippen MR) is 86.5 cm³/mol. The van der Waals surface area contributed by atoms with Crippen LogP contribution in [0.25, 0.3) is 0 Å². The van der Waals surface area contributed by atoms with Gasteiger partial charge in [-0.3, -0.25) is 4.79 Å². The number of carbonyl (C=O) groups is 1. The second-order valence-corrected chi connectivity index (χ2v) is 5.81. The van der Waals surface area contributed by atoms with Crippen molar-refractivity contribution in [2.75, 3.05) is 23.8 Å². The van der Waals surface area contributed by atoms with E-state index in [1.54, 1.807) is 4.90 Å². The number of nitrogens with zero attached hydrogens (tertiary/aromatic N) is 1. The van der Waals surface area contributed by atoms with Gasteiger partial charge in [0, 0.05) is 16.7 Å². The van der Waals surface area contributed by atoms with Gasteiger partial charge >= 0.3 is 0 Å². The highest BCUT2D eigenvalue weighted by Crippen LogP contribution is 2.34. The Morgan fingerprint density at radius 2 is 2.05 bits per heavy atom. The molecule has 0 saturated carbocycles. The van der Waals surface area contributed by atoms with Crippen LogP contribution < -0.4 is 15.4 Å². The van der Waals surface area contributed by atoms with E-state index in [0.717, 1.165) is 27.2 Å². The van der Waals surface area contributed by atoms with Crippen LogP contribution in [0, 0.1) is 0 Å². The summed E-state index contributed by atoms with van der Waals surface area (Å²) in [6.45, 7) is 0.665. The summed E-state index contributed by atoms with van der Waals surface area (Å²) in [6, 6.07) is 13.4. The zero-order valence-corrected chi connectivity index (χ0v) is 13.0. The molecule has 0 unspecified atom stereocenters. The first-order valence-electron chi connectivity index (χ1n) is 6.71. The maximum atomic E-state index is 12.1. The summed E-state index contributed by atoms with van der Waals surface area (Å²) in [6.07, 6.45) is 0.713. The third kappa shape index (κ3) is 2.88. The van der Waals surface area contributed by atoms with Gasteiger partial charge in [-0.2, -0.15) is 0 Å². The van der Waals surface area contributed by atoms with Crippen molar-refractivity contribution in [2.24, 2.45) is 0 Å². The lowest BCUT2D eigenvalue weighted by atomic mass is 10.1. The van der Waals surface area contributed by atoms with Gasteiger partial charge < -0.3 is 15.4 Å². The van der Waals surface area contributed by atoms with E-state index in [4.69, 9.17) is 10.5 Å². The number of benzene rings is 2. The highest BCUT2D eigenvalue weighted by molar-refractivity contribution is 9.10. The minimum absolute atomic E-state index is 0.0323. The number of carbonyl (C=O) groups excluding carboxylic acids is 1. The minimum Gasteiger partial charge on any atom is -0.482 e. The Kier molecular flexibility index (Phi) is 3.84. The lowest BCUT2D eigenvalue weighted by Gasteiger charge is -2.29. The molecular weight excluding hydrogens is 332 g/mol. The molecule has 0 bridgehead atoms. The van der Waals surface area contributed by atoms with Gasteiger partial charge in [0.2, 0.25) is 0 Å². The smallest absolute Gasteiger partial charge is 0.265 e. The van der Waals surface area contributed by atoms with E-state index < -0.39 is 0 Å². The second kappa shape index (κ2) is 5.77. The van der Waals surface area contributed by atoms with Gasteiger partial charge in [-0.25, -0.2) is 0 Å². The molecule has 1 amide bonds. The SMILES string of the molecule is Nc1ccccc1CCN1C(=O)COc2ccc(Br)cc21. The van der Waals surface area contributed by atoms with Crippen LogP contribution in [0.2, 0.25) is 0 Å². The number of nitrogen functional groups attached to an aromatic ring is 1. The first-order valence-corrected chi connectivity index (χ1v) is 7.50. The van der Waals surface area contributed by atoms with Crippen LogP contribution in [0.3, 0.4) is 0 Å². The third-order valence-electron chi connectivity index (χ3n) is 3.52. The average Bonchev–Trinajstić information content (AvgIpc) is 2.48. The predicted octanol–water partition coefficient (Wildman–Crippen LogP) is 3.00. The van der Waals surface area contributed by atoms with Crippen molar-refractivity contribution in [3.05, 3.63) is 52.5 Å². The highest BCUT2D eigenvalue weighted by Gasteiger charge is 2.25. The normalized spacial score (nSPS) is 13.8. The molecule has 3 rings (SSSR count). The quantitative estimate of drug-likeness (QED) is 0.869. The van der Waals surface area contributed by atoms with Crippen LogP contribution in [0.4, 0.5) is 11.4 Å². The molecule has 0 radical (unpaired) electrons. The monoisotopic (exact) mass is 346 g/mol. The Labute approximate surface area is 131 Å². The fraction of sp³-hybridized carbons (Fsp3) is 0.188. The second-order valence-electron chi connectivity index (χ2n) is 4.89. The summed E-state index contributed by atoms with van der Waals surface area (Å²) in [5, 5.41) is 0. The molecule has 0 aliphatic carbocycles. The highest BCUT2D eigenvalue weighted by atomic mass is 79.9. The Balaban J connectivity index is 1.84. The number of ether oxygens (including phenoxy) is 1. The van der Waals surface area contributed by atoms with Crippen LogP contribution in [0.15, 0.2) is 46.9 Å². The van der Waals surface area contributed by atoms with Crippen molar-refractivity contribution < 1.29 is 9.53 Å². The molecule has 2 N–H and O–H groups in total. The Hall–Kier alpha value is -2.01. The van der Waals surface area contributed by atoms with Crippen LogP contribution in [-0.4, -0.2) is 19.1 Å². The van der Waals surface area contributed by atoms with Gasteiger partial charge in [0.25, 0.3) is 5.91 Å². The summed E-state index contributed by atoms with van der Waals surface area (Å²) in [5.41, 5.74) is 8.56. The number of anilines is 2. The summed E-state index contributed by atoms with van der Waals surface area (Å²) in [7, 11) is 0. The van der Waals surface area contributed by atoms with Crippen molar-refractivity contribution in [1.82, 2.24) is 0 Å². The fourth-order valence-electron chi connectivity index (χ4n) is 2.41. The first-order chi connectivity index (χ1) is 10.1. The number of hydrogen-bond acceptors (Lipinski definition) is 3. The van der Waals surface area contributed by atoms with Crippen LogP contribution >= 0.6 is 15.9 Å². The molecule has 1 aliphatic rings.